The quantitative estimate of drug-likeness (QED) is 0.147. The fourth-order valence-electron chi connectivity index (χ4n) is 4.39. The summed E-state index contributed by atoms with van der Waals surface area (Å²) in [7, 11) is 0. The maximum atomic E-state index is 13.1. The first kappa shape index (κ1) is 29.5. The van der Waals surface area contributed by atoms with E-state index in [9.17, 15) is 33.6 Å². The normalized spacial score (nSPS) is 20.6. The lowest BCUT2D eigenvalue weighted by atomic mass is 10.1. The van der Waals surface area contributed by atoms with E-state index in [1.165, 1.54) is 16.7 Å². The third-order valence-electron chi connectivity index (χ3n) is 6.36. The summed E-state index contributed by atoms with van der Waals surface area (Å²) in [6, 6.07) is -3.93. The molecule has 0 aromatic heterocycles. The topological polar surface area (TPSA) is 234 Å². The van der Waals surface area contributed by atoms with E-state index in [0.29, 0.717) is 25.7 Å². The minimum absolute atomic E-state index is 0.0534. The molecule has 0 aromatic carbocycles. The summed E-state index contributed by atoms with van der Waals surface area (Å²) in [5.41, 5.74) is 10.5. The first-order valence-corrected chi connectivity index (χ1v) is 12.1. The second kappa shape index (κ2) is 13.5. The molecule has 2 aliphatic heterocycles. The smallest absolute Gasteiger partial charge is 0.325 e. The van der Waals surface area contributed by atoms with Gasteiger partial charge in [0.1, 0.15) is 24.2 Å². The number of rotatable bonds is 12. The van der Waals surface area contributed by atoms with Crippen LogP contribution in [0.1, 0.15) is 45.4 Å². The predicted octanol–water partition coefficient (Wildman–Crippen LogP) is -3.62. The van der Waals surface area contributed by atoms with Gasteiger partial charge in [-0.2, -0.15) is 0 Å². The van der Waals surface area contributed by atoms with Crippen LogP contribution in [-0.2, 0) is 33.6 Å². The molecule has 0 spiro atoms. The Morgan fingerprint density at radius 1 is 0.946 bits per heavy atom. The van der Waals surface area contributed by atoms with E-state index < -0.39 is 72.1 Å². The van der Waals surface area contributed by atoms with Crippen molar-refractivity contribution in [3.05, 3.63) is 0 Å². The molecule has 2 rings (SSSR count). The molecule has 0 radical (unpaired) electrons. The molecule has 206 valence electrons. The Hall–Kier alpha value is -3.75. The number of carbonyl (C=O) groups excluding carboxylic acids is 6. The van der Waals surface area contributed by atoms with Crippen LogP contribution >= 0.6 is 0 Å². The highest BCUT2D eigenvalue weighted by molar-refractivity contribution is 5.95. The van der Waals surface area contributed by atoms with Gasteiger partial charge in [-0.1, -0.05) is 0 Å². The van der Waals surface area contributed by atoms with Gasteiger partial charge in [0, 0.05) is 19.5 Å². The van der Waals surface area contributed by atoms with Gasteiger partial charge in [0.05, 0.1) is 13.1 Å². The Balaban J connectivity index is 1.98. The average Bonchev–Trinajstić information content (AvgIpc) is 3.54. The maximum Gasteiger partial charge on any atom is 0.325 e. The molecule has 0 aliphatic carbocycles. The molecule has 2 heterocycles. The number of nitrogens with two attached hydrogens (primary N) is 2. The van der Waals surface area contributed by atoms with E-state index in [2.05, 4.69) is 16.0 Å². The highest BCUT2D eigenvalue weighted by Crippen LogP contribution is 2.20. The Bertz CT molecular complexity index is 927. The van der Waals surface area contributed by atoms with Crippen LogP contribution in [0.4, 0.5) is 0 Å². The van der Waals surface area contributed by atoms with Crippen molar-refractivity contribution in [3.63, 3.8) is 0 Å². The molecule has 0 aromatic rings. The average molecular weight is 526 g/mol. The standard InChI is InChI=1S/C22H35N7O8/c1-12(22(36)37)26-20(34)15-5-2-8-28(15)18(32)11-25-19(33)14-4-3-9-29(14)21(35)13(6-7-16(24)30)27-17(31)10-23/h12-15H,2-11,23H2,1H3,(H2,24,30)(H,25,33)(H,26,34)(H,27,31)(H,36,37)/t12-,13-,14-,15-/m0/s1. The Morgan fingerprint density at radius 3 is 2.11 bits per heavy atom. The van der Waals surface area contributed by atoms with Gasteiger partial charge in [0.15, 0.2) is 0 Å². The van der Waals surface area contributed by atoms with Crippen LogP contribution in [-0.4, -0.2) is 107 Å². The number of nitrogens with zero attached hydrogens (tertiary/aromatic N) is 2. The van der Waals surface area contributed by atoms with Crippen molar-refractivity contribution in [2.24, 2.45) is 11.5 Å². The molecule has 15 heteroatoms. The third kappa shape index (κ3) is 8.13. The number of nitrogens with one attached hydrogen (secondary N) is 3. The number of carbonyl (C=O) groups is 7. The van der Waals surface area contributed by atoms with E-state index in [1.54, 1.807) is 0 Å². The minimum atomic E-state index is -1.20. The summed E-state index contributed by atoms with van der Waals surface area (Å²) in [4.78, 5) is 87.7. The van der Waals surface area contributed by atoms with E-state index in [-0.39, 0.29) is 32.5 Å². The van der Waals surface area contributed by atoms with Gasteiger partial charge in [0.25, 0.3) is 0 Å². The van der Waals surface area contributed by atoms with Gasteiger partial charge in [-0.25, -0.2) is 0 Å². The van der Waals surface area contributed by atoms with Gasteiger partial charge in [-0.15, -0.1) is 0 Å². The Morgan fingerprint density at radius 2 is 1.54 bits per heavy atom. The molecular weight excluding hydrogens is 490 g/mol. The van der Waals surface area contributed by atoms with Crippen LogP contribution in [0.5, 0.6) is 0 Å². The zero-order valence-corrected chi connectivity index (χ0v) is 20.7. The van der Waals surface area contributed by atoms with E-state index in [4.69, 9.17) is 16.6 Å². The lowest BCUT2D eigenvalue weighted by Crippen LogP contribution is -2.55. The first-order chi connectivity index (χ1) is 17.5. The van der Waals surface area contributed by atoms with Crippen LogP contribution in [0, 0.1) is 0 Å². The van der Waals surface area contributed by atoms with Gasteiger partial charge in [-0.05, 0) is 39.0 Å². The van der Waals surface area contributed by atoms with Crippen molar-refractivity contribution < 1.29 is 38.7 Å². The minimum Gasteiger partial charge on any atom is -0.480 e. The molecule has 0 saturated carbocycles. The number of likely N-dealkylation sites (tertiary alicyclic amines) is 2. The van der Waals surface area contributed by atoms with Crippen molar-refractivity contribution in [3.8, 4) is 0 Å². The van der Waals surface area contributed by atoms with Crippen LogP contribution in [0.25, 0.3) is 0 Å². The molecule has 2 aliphatic rings. The van der Waals surface area contributed by atoms with E-state index in [0.717, 1.165) is 0 Å². The van der Waals surface area contributed by atoms with Crippen LogP contribution in [0.15, 0.2) is 0 Å². The summed E-state index contributed by atoms with van der Waals surface area (Å²) >= 11 is 0. The lowest BCUT2D eigenvalue weighted by Gasteiger charge is -2.29. The highest BCUT2D eigenvalue weighted by atomic mass is 16.4. The van der Waals surface area contributed by atoms with Gasteiger partial charge in [-0.3, -0.25) is 33.6 Å². The molecular formula is C22H35N7O8. The zero-order chi connectivity index (χ0) is 27.7. The predicted molar refractivity (Wildman–Crippen MR) is 127 cm³/mol. The van der Waals surface area contributed by atoms with Crippen LogP contribution < -0.4 is 27.4 Å². The monoisotopic (exact) mass is 525 g/mol. The number of carboxylic acids is 1. The second-order valence-electron chi connectivity index (χ2n) is 9.05. The summed E-state index contributed by atoms with van der Waals surface area (Å²) < 4.78 is 0. The molecule has 6 amide bonds. The third-order valence-corrected chi connectivity index (χ3v) is 6.36. The number of hydrogen-bond donors (Lipinski definition) is 6. The number of carboxylic acid groups (broad SMARTS) is 1. The van der Waals surface area contributed by atoms with Crippen molar-refractivity contribution in [1.82, 2.24) is 25.8 Å². The molecule has 4 atom stereocenters. The molecule has 0 bridgehead atoms. The second-order valence-corrected chi connectivity index (χ2v) is 9.05. The van der Waals surface area contributed by atoms with Gasteiger partial charge >= 0.3 is 5.97 Å². The summed E-state index contributed by atoms with van der Waals surface area (Å²) in [5, 5.41) is 16.3. The number of primary amides is 1. The molecule has 0 unspecified atom stereocenters. The highest BCUT2D eigenvalue weighted by Gasteiger charge is 2.39. The van der Waals surface area contributed by atoms with Gasteiger partial charge < -0.3 is 42.3 Å². The molecule has 2 saturated heterocycles. The Labute approximate surface area is 213 Å². The first-order valence-electron chi connectivity index (χ1n) is 12.1. The molecule has 2 fully saturated rings. The maximum absolute atomic E-state index is 13.1. The fourth-order valence-corrected chi connectivity index (χ4v) is 4.39. The number of aliphatic carboxylic acids is 1. The van der Waals surface area contributed by atoms with Crippen molar-refractivity contribution in [1.29, 1.82) is 0 Å². The zero-order valence-electron chi connectivity index (χ0n) is 20.7. The lowest BCUT2D eigenvalue weighted by molar-refractivity contribution is -0.144. The van der Waals surface area contributed by atoms with Crippen molar-refractivity contribution >= 4 is 41.4 Å². The Kier molecular flexibility index (Phi) is 10.8. The molecule has 8 N–H and O–H groups in total. The summed E-state index contributed by atoms with van der Waals surface area (Å²) in [5.74, 6) is -4.68. The van der Waals surface area contributed by atoms with Crippen LogP contribution in [0.2, 0.25) is 0 Å². The molecule has 15 nitrogen and oxygen atoms in total. The number of amides is 6. The SMILES string of the molecule is C[C@H](NC(=O)[C@@H]1CCCN1C(=O)CNC(=O)[C@@H]1CCCN1C(=O)[C@H](CCC(N)=O)NC(=O)CN)C(=O)O. The van der Waals surface area contributed by atoms with Gasteiger partial charge in [0.2, 0.25) is 35.4 Å². The summed E-state index contributed by atoms with van der Waals surface area (Å²) in [6.45, 7) is 1.06. The van der Waals surface area contributed by atoms with Crippen LogP contribution in [0.3, 0.4) is 0 Å². The number of hydrogen-bond acceptors (Lipinski definition) is 8. The van der Waals surface area contributed by atoms with Crippen molar-refractivity contribution in [2.75, 3.05) is 26.2 Å². The summed E-state index contributed by atoms with van der Waals surface area (Å²) in [6.07, 6.45) is 1.55. The molecule has 37 heavy (non-hydrogen) atoms. The van der Waals surface area contributed by atoms with E-state index in [1.807, 2.05) is 0 Å². The fraction of sp³-hybridized carbons (Fsp3) is 0.682. The van der Waals surface area contributed by atoms with E-state index >= 15 is 0 Å². The largest absolute Gasteiger partial charge is 0.480 e. The van der Waals surface area contributed by atoms with Crippen molar-refractivity contribution in [2.45, 2.75) is 69.6 Å².